The molecule has 5 nitrogen and oxygen atoms in total. The summed E-state index contributed by atoms with van der Waals surface area (Å²) in [5.74, 6) is 0.848. The third-order valence-corrected chi connectivity index (χ3v) is 4.62. The highest BCUT2D eigenvalue weighted by molar-refractivity contribution is 5.92. The Labute approximate surface area is 147 Å². The van der Waals surface area contributed by atoms with Gasteiger partial charge in [-0.15, -0.1) is 0 Å². The van der Waals surface area contributed by atoms with Crippen molar-refractivity contribution in [3.8, 4) is 0 Å². The highest BCUT2D eigenvalue weighted by Gasteiger charge is 2.15. The summed E-state index contributed by atoms with van der Waals surface area (Å²) in [5.41, 5.74) is 4.49. The minimum atomic E-state index is 0.768. The van der Waals surface area contributed by atoms with E-state index < -0.39 is 0 Å². The quantitative estimate of drug-likeness (QED) is 0.787. The zero-order valence-electron chi connectivity index (χ0n) is 14.4. The van der Waals surface area contributed by atoms with E-state index >= 15 is 0 Å². The third kappa shape index (κ3) is 3.28. The highest BCUT2D eigenvalue weighted by Crippen LogP contribution is 2.31. The number of nitrogens with one attached hydrogen (secondary N) is 1. The second-order valence-electron chi connectivity index (χ2n) is 6.17. The molecule has 0 bridgehead atoms. The van der Waals surface area contributed by atoms with Crippen LogP contribution in [-0.4, -0.2) is 36.3 Å². The van der Waals surface area contributed by atoms with Crippen molar-refractivity contribution < 1.29 is 4.74 Å². The molecule has 0 aliphatic carbocycles. The van der Waals surface area contributed by atoms with Crippen molar-refractivity contribution in [3.63, 3.8) is 0 Å². The van der Waals surface area contributed by atoms with Gasteiger partial charge in [0.05, 0.1) is 30.1 Å². The number of morpholine rings is 1. The van der Waals surface area contributed by atoms with Crippen molar-refractivity contribution in [2.24, 2.45) is 0 Å². The van der Waals surface area contributed by atoms with E-state index in [-0.39, 0.29) is 0 Å². The fourth-order valence-electron chi connectivity index (χ4n) is 3.21. The number of aromatic nitrogens is 2. The van der Waals surface area contributed by atoms with Crippen molar-refractivity contribution in [1.29, 1.82) is 0 Å². The Hall–Kier alpha value is -2.66. The number of rotatable bonds is 4. The molecule has 1 aromatic heterocycles. The van der Waals surface area contributed by atoms with Crippen LogP contribution in [0.4, 0.5) is 17.2 Å². The SMILES string of the molecule is CCc1ccc2ncnc(Nc3ccccc3N3CCOCC3)c2c1. The smallest absolute Gasteiger partial charge is 0.141 e. The predicted molar refractivity (Wildman–Crippen MR) is 102 cm³/mol. The molecular formula is C20H22N4O. The van der Waals surface area contributed by atoms with E-state index in [4.69, 9.17) is 4.74 Å². The molecule has 1 N–H and O–H groups in total. The van der Waals surface area contributed by atoms with Gasteiger partial charge in [0.2, 0.25) is 0 Å². The van der Waals surface area contributed by atoms with Gasteiger partial charge in [0, 0.05) is 18.5 Å². The minimum Gasteiger partial charge on any atom is -0.378 e. The molecule has 0 unspecified atom stereocenters. The summed E-state index contributed by atoms with van der Waals surface area (Å²) in [5, 5.41) is 4.58. The van der Waals surface area contributed by atoms with E-state index in [2.05, 4.69) is 63.5 Å². The standard InChI is InChI=1S/C20H22N4O/c1-2-15-7-8-17-16(13-15)20(22-14-21-17)23-18-5-3-4-6-19(18)24-9-11-25-12-10-24/h3-8,13-14H,2,9-12H2,1H3,(H,21,22,23). The Morgan fingerprint density at radius 1 is 1.08 bits per heavy atom. The number of nitrogens with zero attached hydrogens (tertiary/aromatic N) is 3. The van der Waals surface area contributed by atoms with Crippen LogP contribution in [0.2, 0.25) is 0 Å². The van der Waals surface area contributed by atoms with Gasteiger partial charge in [-0.1, -0.05) is 25.1 Å². The summed E-state index contributed by atoms with van der Waals surface area (Å²) < 4.78 is 5.48. The van der Waals surface area contributed by atoms with Crippen LogP contribution >= 0.6 is 0 Å². The van der Waals surface area contributed by atoms with Crippen LogP contribution < -0.4 is 10.2 Å². The van der Waals surface area contributed by atoms with Crippen LogP contribution in [0, 0.1) is 0 Å². The Morgan fingerprint density at radius 2 is 1.92 bits per heavy atom. The number of hydrogen-bond acceptors (Lipinski definition) is 5. The summed E-state index contributed by atoms with van der Waals surface area (Å²) in [4.78, 5) is 11.2. The van der Waals surface area contributed by atoms with E-state index in [1.165, 1.54) is 11.3 Å². The molecule has 1 aliphatic heterocycles. The molecule has 5 heteroatoms. The predicted octanol–water partition coefficient (Wildman–Crippen LogP) is 3.77. The number of benzene rings is 2. The maximum atomic E-state index is 5.48. The van der Waals surface area contributed by atoms with Crippen molar-refractivity contribution >= 4 is 28.1 Å². The van der Waals surface area contributed by atoms with Gasteiger partial charge in [-0.2, -0.15) is 0 Å². The zero-order chi connectivity index (χ0) is 17.1. The molecule has 0 amide bonds. The van der Waals surface area contributed by atoms with Crippen LogP contribution in [0.3, 0.4) is 0 Å². The molecule has 0 radical (unpaired) electrons. The van der Waals surface area contributed by atoms with Gasteiger partial charge in [0.25, 0.3) is 0 Å². The lowest BCUT2D eigenvalue weighted by Gasteiger charge is -2.30. The molecule has 25 heavy (non-hydrogen) atoms. The maximum Gasteiger partial charge on any atom is 0.141 e. The molecule has 0 atom stereocenters. The molecule has 2 heterocycles. The van der Waals surface area contributed by atoms with Gasteiger partial charge in [0.15, 0.2) is 0 Å². The van der Waals surface area contributed by atoms with E-state index in [1.54, 1.807) is 6.33 Å². The summed E-state index contributed by atoms with van der Waals surface area (Å²) in [6, 6.07) is 14.7. The van der Waals surface area contributed by atoms with Gasteiger partial charge in [-0.05, 0) is 36.2 Å². The molecule has 3 aromatic rings. The first kappa shape index (κ1) is 15.8. The molecule has 128 valence electrons. The van der Waals surface area contributed by atoms with Crippen LogP contribution in [0.25, 0.3) is 10.9 Å². The minimum absolute atomic E-state index is 0.768. The molecule has 4 rings (SSSR count). The fourth-order valence-corrected chi connectivity index (χ4v) is 3.21. The Kier molecular flexibility index (Phi) is 4.48. The van der Waals surface area contributed by atoms with Gasteiger partial charge in [-0.25, -0.2) is 9.97 Å². The van der Waals surface area contributed by atoms with Crippen molar-refractivity contribution in [2.45, 2.75) is 13.3 Å². The van der Waals surface area contributed by atoms with E-state index in [9.17, 15) is 0 Å². The van der Waals surface area contributed by atoms with Gasteiger partial charge >= 0.3 is 0 Å². The number of fused-ring (bicyclic) bond motifs is 1. The summed E-state index contributed by atoms with van der Waals surface area (Å²) in [6.45, 7) is 5.51. The van der Waals surface area contributed by atoms with E-state index in [0.29, 0.717) is 0 Å². The average Bonchev–Trinajstić information content (AvgIpc) is 2.69. The molecule has 0 spiro atoms. The maximum absolute atomic E-state index is 5.48. The van der Waals surface area contributed by atoms with Crippen LogP contribution in [-0.2, 0) is 11.2 Å². The summed E-state index contributed by atoms with van der Waals surface area (Å²) >= 11 is 0. The third-order valence-electron chi connectivity index (χ3n) is 4.62. The molecule has 1 fully saturated rings. The Morgan fingerprint density at radius 3 is 2.76 bits per heavy atom. The second-order valence-corrected chi connectivity index (χ2v) is 6.17. The topological polar surface area (TPSA) is 50.3 Å². The number of para-hydroxylation sites is 2. The fraction of sp³-hybridized carbons (Fsp3) is 0.300. The Balaban J connectivity index is 1.72. The first-order valence-corrected chi connectivity index (χ1v) is 8.77. The lowest BCUT2D eigenvalue weighted by Crippen LogP contribution is -2.36. The molecule has 1 aliphatic rings. The number of anilines is 3. The average molecular weight is 334 g/mol. The lowest BCUT2D eigenvalue weighted by molar-refractivity contribution is 0.123. The van der Waals surface area contributed by atoms with Gasteiger partial charge in [0.1, 0.15) is 12.1 Å². The molecule has 1 saturated heterocycles. The number of aryl methyl sites for hydroxylation is 1. The first-order chi connectivity index (χ1) is 12.3. The van der Waals surface area contributed by atoms with Crippen molar-refractivity contribution in [3.05, 3.63) is 54.4 Å². The molecular weight excluding hydrogens is 312 g/mol. The van der Waals surface area contributed by atoms with Crippen molar-refractivity contribution in [1.82, 2.24) is 9.97 Å². The number of hydrogen-bond donors (Lipinski definition) is 1. The normalized spacial score (nSPS) is 14.7. The summed E-state index contributed by atoms with van der Waals surface area (Å²) in [7, 11) is 0. The largest absolute Gasteiger partial charge is 0.378 e. The highest BCUT2D eigenvalue weighted by atomic mass is 16.5. The van der Waals surface area contributed by atoms with Gasteiger partial charge < -0.3 is 15.0 Å². The lowest BCUT2D eigenvalue weighted by atomic mass is 10.1. The van der Waals surface area contributed by atoms with E-state index in [0.717, 1.165) is 55.1 Å². The summed E-state index contributed by atoms with van der Waals surface area (Å²) in [6.07, 6.45) is 2.61. The van der Waals surface area contributed by atoms with Crippen LogP contribution in [0.1, 0.15) is 12.5 Å². The zero-order valence-corrected chi connectivity index (χ0v) is 14.4. The molecule has 2 aromatic carbocycles. The van der Waals surface area contributed by atoms with Crippen LogP contribution in [0.15, 0.2) is 48.8 Å². The second kappa shape index (κ2) is 7.07. The first-order valence-electron chi connectivity index (χ1n) is 8.77. The Bertz CT molecular complexity index is 874. The van der Waals surface area contributed by atoms with E-state index in [1.807, 2.05) is 6.07 Å². The van der Waals surface area contributed by atoms with Crippen LogP contribution in [0.5, 0.6) is 0 Å². The molecule has 0 saturated carbocycles. The van der Waals surface area contributed by atoms with Gasteiger partial charge in [-0.3, -0.25) is 0 Å². The van der Waals surface area contributed by atoms with Crippen molar-refractivity contribution in [2.75, 3.05) is 36.5 Å². The number of ether oxygens (including phenoxy) is 1. The monoisotopic (exact) mass is 334 g/mol.